The summed E-state index contributed by atoms with van der Waals surface area (Å²) >= 11 is 2.28. The molecule has 2 N–H and O–H groups in total. The summed E-state index contributed by atoms with van der Waals surface area (Å²) in [7, 11) is 0. The van der Waals surface area contributed by atoms with Crippen LogP contribution in [0.4, 0.5) is 16.4 Å². The molecule has 1 aromatic heterocycles. The zero-order valence-electron chi connectivity index (χ0n) is 21.5. The zero-order valence-corrected chi connectivity index (χ0v) is 23.1. The van der Waals surface area contributed by atoms with Gasteiger partial charge < -0.3 is 15.4 Å². The molecule has 200 valence electrons. The number of nitro groups is 1. The Bertz CT molecular complexity index is 1540. The molecule has 0 atom stereocenters. The Morgan fingerprint density at radius 3 is 2.51 bits per heavy atom. The molecule has 1 heterocycles. The second kappa shape index (κ2) is 12.9. The van der Waals surface area contributed by atoms with Crippen molar-refractivity contribution in [3.63, 3.8) is 0 Å². The summed E-state index contributed by atoms with van der Waals surface area (Å²) in [5.74, 6) is -1.63. The number of nitriles is 1. The standard InChI is InChI=1S/C27H24N4O6S2/c1-5-37-27(34)24-15(2)16(3)38-26(24)30-25(33)19(14-28)12-18-10-11-23(21(13-18)31(35)36)39-22-9-7-6-8-20(22)29-17(4)32/h6-13H,5H2,1-4H3,(H,29,32)(H,30,33)/b19-12-. The van der Waals surface area contributed by atoms with E-state index in [1.54, 1.807) is 51.1 Å². The number of aryl methyl sites for hydroxylation is 1. The Labute approximate surface area is 232 Å². The largest absolute Gasteiger partial charge is 0.462 e. The Morgan fingerprint density at radius 1 is 1.15 bits per heavy atom. The predicted octanol–water partition coefficient (Wildman–Crippen LogP) is 6.11. The lowest BCUT2D eigenvalue weighted by Gasteiger charge is -2.10. The van der Waals surface area contributed by atoms with Crippen molar-refractivity contribution in [3.8, 4) is 6.07 Å². The summed E-state index contributed by atoms with van der Waals surface area (Å²) in [6.45, 7) is 6.74. The van der Waals surface area contributed by atoms with E-state index in [-0.39, 0.29) is 39.9 Å². The van der Waals surface area contributed by atoms with Crippen molar-refractivity contribution < 1.29 is 24.0 Å². The molecular formula is C27H24N4O6S2. The number of benzene rings is 2. The van der Waals surface area contributed by atoms with Gasteiger partial charge in [0.15, 0.2) is 0 Å². The molecular weight excluding hydrogens is 540 g/mol. The van der Waals surface area contributed by atoms with E-state index < -0.39 is 16.8 Å². The number of carbonyl (C=O) groups is 3. The maximum absolute atomic E-state index is 12.9. The number of hydrogen-bond donors (Lipinski definition) is 2. The van der Waals surface area contributed by atoms with E-state index in [1.165, 1.54) is 36.5 Å². The molecule has 0 saturated heterocycles. The van der Waals surface area contributed by atoms with Gasteiger partial charge in [0.05, 0.1) is 27.7 Å². The highest BCUT2D eigenvalue weighted by Crippen LogP contribution is 2.39. The molecule has 0 bridgehead atoms. The van der Waals surface area contributed by atoms with Crippen LogP contribution in [-0.4, -0.2) is 29.3 Å². The molecule has 10 nitrogen and oxygen atoms in total. The van der Waals surface area contributed by atoms with Gasteiger partial charge in [-0.1, -0.05) is 30.0 Å². The maximum Gasteiger partial charge on any atom is 0.341 e. The Morgan fingerprint density at radius 2 is 1.87 bits per heavy atom. The number of anilines is 2. The first-order valence-electron chi connectivity index (χ1n) is 11.6. The van der Waals surface area contributed by atoms with Gasteiger partial charge in [-0.15, -0.1) is 11.3 Å². The molecule has 0 saturated carbocycles. The van der Waals surface area contributed by atoms with E-state index in [2.05, 4.69) is 10.6 Å². The lowest BCUT2D eigenvalue weighted by molar-refractivity contribution is -0.387. The minimum absolute atomic E-state index is 0.162. The summed E-state index contributed by atoms with van der Waals surface area (Å²) in [5.41, 5.74) is 1.12. The first kappa shape index (κ1) is 29.1. The summed E-state index contributed by atoms with van der Waals surface area (Å²) in [6, 6.07) is 13.0. The number of nitrogens with zero attached hydrogens (tertiary/aromatic N) is 2. The molecule has 3 rings (SSSR count). The second-order valence-corrected chi connectivity index (χ2v) is 10.4. The van der Waals surface area contributed by atoms with E-state index in [0.717, 1.165) is 16.6 Å². The molecule has 12 heteroatoms. The maximum atomic E-state index is 12.9. The van der Waals surface area contributed by atoms with Crippen molar-refractivity contribution in [1.29, 1.82) is 5.26 Å². The third-order valence-electron chi connectivity index (χ3n) is 5.37. The van der Waals surface area contributed by atoms with E-state index >= 15 is 0 Å². The number of nitro benzene ring substituents is 1. The molecule has 2 aromatic carbocycles. The van der Waals surface area contributed by atoms with Crippen molar-refractivity contribution in [2.45, 2.75) is 37.5 Å². The lowest BCUT2D eigenvalue weighted by Crippen LogP contribution is -2.16. The highest BCUT2D eigenvalue weighted by Gasteiger charge is 2.23. The van der Waals surface area contributed by atoms with Crippen LogP contribution in [0.5, 0.6) is 0 Å². The van der Waals surface area contributed by atoms with Crippen LogP contribution in [0, 0.1) is 35.3 Å². The number of rotatable bonds is 9. The number of carbonyl (C=O) groups excluding carboxylic acids is 3. The third-order valence-corrected chi connectivity index (χ3v) is 7.63. The average Bonchev–Trinajstić information content (AvgIpc) is 3.16. The summed E-state index contributed by atoms with van der Waals surface area (Å²) < 4.78 is 5.09. The average molecular weight is 565 g/mol. The molecule has 0 unspecified atom stereocenters. The van der Waals surface area contributed by atoms with Crippen LogP contribution in [0.1, 0.15) is 40.2 Å². The van der Waals surface area contributed by atoms with Gasteiger partial charge in [-0.3, -0.25) is 19.7 Å². The molecule has 0 aliphatic rings. The van der Waals surface area contributed by atoms with E-state index in [9.17, 15) is 29.8 Å². The number of ether oxygens (including phenoxy) is 1. The molecule has 0 aliphatic carbocycles. The minimum atomic E-state index is -0.769. The number of nitrogens with one attached hydrogen (secondary N) is 2. The summed E-state index contributed by atoms with van der Waals surface area (Å²) in [6.07, 6.45) is 1.24. The molecule has 3 aromatic rings. The molecule has 0 radical (unpaired) electrons. The number of thiophene rings is 1. The van der Waals surface area contributed by atoms with Crippen LogP contribution in [0.3, 0.4) is 0 Å². The van der Waals surface area contributed by atoms with Gasteiger partial charge in [-0.25, -0.2) is 4.79 Å². The quantitative estimate of drug-likeness (QED) is 0.104. The van der Waals surface area contributed by atoms with E-state index in [4.69, 9.17) is 4.74 Å². The van der Waals surface area contributed by atoms with Gasteiger partial charge >= 0.3 is 5.97 Å². The topological polar surface area (TPSA) is 151 Å². The molecule has 0 fully saturated rings. The van der Waals surface area contributed by atoms with Crippen molar-refractivity contribution in [3.05, 3.63) is 79.7 Å². The smallest absolute Gasteiger partial charge is 0.341 e. The highest BCUT2D eigenvalue weighted by atomic mass is 32.2. The summed E-state index contributed by atoms with van der Waals surface area (Å²) in [5, 5.41) is 27.1. The van der Waals surface area contributed by atoms with Crippen molar-refractivity contribution in [1.82, 2.24) is 0 Å². The van der Waals surface area contributed by atoms with Crippen LogP contribution in [0.25, 0.3) is 6.08 Å². The fourth-order valence-corrected chi connectivity index (χ4v) is 5.50. The Balaban J connectivity index is 1.92. The van der Waals surface area contributed by atoms with Gasteiger partial charge in [0.1, 0.15) is 16.6 Å². The molecule has 0 spiro atoms. The molecule has 39 heavy (non-hydrogen) atoms. The van der Waals surface area contributed by atoms with Crippen LogP contribution in [0.2, 0.25) is 0 Å². The van der Waals surface area contributed by atoms with Crippen molar-refractivity contribution in [2.75, 3.05) is 17.2 Å². The summed E-state index contributed by atoms with van der Waals surface area (Å²) in [4.78, 5) is 49.9. The van der Waals surface area contributed by atoms with Crippen molar-refractivity contribution >= 4 is 63.3 Å². The number of hydrogen-bond acceptors (Lipinski definition) is 9. The lowest BCUT2D eigenvalue weighted by atomic mass is 10.1. The predicted molar refractivity (Wildman–Crippen MR) is 150 cm³/mol. The van der Waals surface area contributed by atoms with E-state index in [1.807, 2.05) is 6.07 Å². The van der Waals surface area contributed by atoms with Crippen LogP contribution >= 0.6 is 23.1 Å². The monoisotopic (exact) mass is 564 g/mol. The minimum Gasteiger partial charge on any atom is -0.462 e. The first-order valence-corrected chi connectivity index (χ1v) is 13.2. The fourth-order valence-electron chi connectivity index (χ4n) is 3.47. The van der Waals surface area contributed by atoms with Crippen LogP contribution in [0.15, 0.2) is 57.8 Å². The van der Waals surface area contributed by atoms with Crippen LogP contribution < -0.4 is 10.6 Å². The number of esters is 1. The molecule has 2 amide bonds. The van der Waals surface area contributed by atoms with E-state index in [0.29, 0.717) is 21.0 Å². The Kier molecular flexibility index (Phi) is 9.59. The number of amides is 2. The number of para-hydroxylation sites is 1. The van der Waals surface area contributed by atoms with Gasteiger partial charge in [-0.05, 0) is 56.2 Å². The van der Waals surface area contributed by atoms with Gasteiger partial charge in [-0.2, -0.15) is 5.26 Å². The highest BCUT2D eigenvalue weighted by molar-refractivity contribution is 7.99. The third kappa shape index (κ3) is 7.10. The SMILES string of the molecule is CCOC(=O)c1c(NC(=O)/C(C#N)=C\c2ccc(Sc3ccccc3NC(C)=O)c([N+](=O)[O-])c2)sc(C)c1C. The van der Waals surface area contributed by atoms with Gasteiger partial charge in [0.2, 0.25) is 5.91 Å². The first-order chi connectivity index (χ1) is 18.5. The van der Waals surface area contributed by atoms with Gasteiger partial charge in [0.25, 0.3) is 11.6 Å². The van der Waals surface area contributed by atoms with Gasteiger partial charge in [0, 0.05) is 22.8 Å². The fraction of sp³-hybridized carbons (Fsp3) is 0.185. The normalized spacial score (nSPS) is 10.9. The molecule has 0 aliphatic heterocycles. The zero-order chi connectivity index (χ0) is 28.7. The van der Waals surface area contributed by atoms with Crippen LogP contribution in [-0.2, 0) is 14.3 Å². The second-order valence-electron chi connectivity index (χ2n) is 8.10. The Hall–Kier alpha value is -4.47. The van der Waals surface area contributed by atoms with Crippen molar-refractivity contribution in [2.24, 2.45) is 0 Å².